The summed E-state index contributed by atoms with van der Waals surface area (Å²) in [5, 5.41) is 0. The van der Waals surface area contributed by atoms with Crippen LogP contribution < -0.4 is 10.6 Å². The molecule has 1 aromatic rings. The van der Waals surface area contributed by atoms with Gasteiger partial charge in [0.15, 0.2) is 0 Å². The van der Waals surface area contributed by atoms with E-state index in [0.29, 0.717) is 0 Å². The van der Waals surface area contributed by atoms with Crippen molar-refractivity contribution in [3.05, 3.63) is 22.7 Å². The van der Waals surface area contributed by atoms with Crippen molar-refractivity contribution >= 4 is 27.3 Å². The van der Waals surface area contributed by atoms with Crippen LogP contribution in [0.4, 0.5) is 11.4 Å². The van der Waals surface area contributed by atoms with Crippen molar-refractivity contribution in [2.24, 2.45) is 5.41 Å². The van der Waals surface area contributed by atoms with Gasteiger partial charge in [-0.1, -0.05) is 15.9 Å². The minimum atomic E-state index is 0.733. The first-order chi connectivity index (χ1) is 7.69. The molecule has 1 aliphatic heterocycles. The van der Waals surface area contributed by atoms with Crippen molar-refractivity contribution in [3.63, 3.8) is 0 Å². The Hall–Kier alpha value is -0.700. The Kier molecular flexibility index (Phi) is 2.39. The maximum Gasteiger partial charge on any atom is 0.0611 e. The average molecular weight is 281 g/mol. The zero-order valence-corrected chi connectivity index (χ0v) is 11.0. The summed E-state index contributed by atoms with van der Waals surface area (Å²) in [6.45, 7) is 2.33. The second kappa shape index (κ2) is 3.66. The minimum Gasteiger partial charge on any atom is -0.397 e. The fourth-order valence-electron chi connectivity index (χ4n) is 2.69. The lowest BCUT2D eigenvalue weighted by atomic mass is 9.93. The third-order valence-corrected chi connectivity index (χ3v) is 4.61. The number of halogens is 1. The fraction of sp³-hybridized carbons (Fsp3) is 0.538. The Bertz CT molecular complexity index is 402. The first-order valence-corrected chi connectivity index (χ1v) is 6.78. The quantitative estimate of drug-likeness (QED) is 0.799. The van der Waals surface area contributed by atoms with E-state index >= 15 is 0 Å². The van der Waals surface area contributed by atoms with Gasteiger partial charge in [-0.15, -0.1) is 0 Å². The number of rotatable bonds is 1. The third kappa shape index (κ3) is 1.81. The smallest absolute Gasteiger partial charge is 0.0611 e. The van der Waals surface area contributed by atoms with Crippen LogP contribution in [0.1, 0.15) is 25.7 Å². The maximum atomic E-state index is 6.04. The van der Waals surface area contributed by atoms with Crippen LogP contribution in [0, 0.1) is 5.41 Å². The molecule has 16 heavy (non-hydrogen) atoms. The van der Waals surface area contributed by atoms with Crippen LogP contribution in [0.2, 0.25) is 0 Å². The molecule has 3 heteroatoms. The SMILES string of the molecule is Nc1ccc(Br)cc1N1CCC2(CC1)CC2. The molecule has 86 valence electrons. The van der Waals surface area contributed by atoms with Crippen LogP contribution in [0.3, 0.4) is 0 Å². The lowest BCUT2D eigenvalue weighted by Gasteiger charge is -2.34. The summed E-state index contributed by atoms with van der Waals surface area (Å²) < 4.78 is 1.11. The van der Waals surface area contributed by atoms with E-state index in [9.17, 15) is 0 Å². The molecule has 2 aliphatic rings. The van der Waals surface area contributed by atoms with Gasteiger partial charge in [0.05, 0.1) is 11.4 Å². The Morgan fingerprint density at radius 1 is 1.12 bits per heavy atom. The first-order valence-electron chi connectivity index (χ1n) is 5.99. The second-order valence-corrected chi connectivity index (χ2v) is 6.11. The molecular weight excluding hydrogens is 264 g/mol. The number of nitrogen functional groups attached to an aromatic ring is 1. The van der Waals surface area contributed by atoms with Crippen LogP contribution in [-0.4, -0.2) is 13.1 Å². The van der Waals surface area contributed by atoms with Gasteiger partial charge in [-0.2, -0.15) is 0 Å². The van der Waals surface area contributed by atoms with E-state index in [-0.39, 0.29) is 0 Å². The molecule has 1 heterocycles. The minimum absolute atomic E-state index is 0.733. The molecule has 0 atom stereocenters. The Labute approximate surface area is 105 Å². The van der Waals surface area contributed by atoms with E-state index in [1.165, 1.54) is 44.5 Å². The molecule has 0 bridgehead atoms. The zero-order valence-electron chi connectivity index (χ0n) is 9.38. The van der Waals surface area contributed by atoms with E-state index in [4.69, 9.17) is 5.73 Å². The maximum absolute atomic E-state index is 6.04. The highest BCUT2D eigenvalue weighted by atomic mass is 79.9. The summed E-state index contributed by atoms with van der Waals surface area (Å²) in [5.41, 5.74) is 8.87. The lowest BCUT2D eigenvalue weighted by molar-refractivity contribution is 0.384. The molecule has 2 nitrogen and oxygen atoms in total. The van der Waals surface area contributed by atoms with Gasteiger partial charge < -0.3 is 10.6 Å². The summed E-state index contributed by atoms with van der Waals surface area (Å²) in [7, 11) is 0. The number of hydrogen-bond acceptors (Lipinski definition) is 2. The average Bonchev–Trinajstić information content (AvgIpc) is 3.03. The summed E-state index contributed by atoms with van der Waals surface area (Å²) in [5.74, 6) is 0. The van der Waals surface area contributed by atoms with Gasteiger partial charge in [-0.05, 0) is 49.3 Å². The predicted molar refractivity (Wildman–Crippen MR) is 71.7 cm³/mol. The van der Waals surface area contributed by atoms with Crippen LogP contribution in [0.25, 0.3) is 0 Å². The van der Waals surface area contributed by atoms with Crippen molar-refractivity contribution in [2.75, 3.05) is 23.7 Å². The van der Waals surface area contributed by atoms with Crippen LogP contribution in [0.15, 0.2) is 22.7 Å². The van der Waals surface area contributed by atoms with Crippen molar-refractivity contribution in [3.8, 4) is 0 Å². The van der Waals surface area contributed by atoms with Crippen LogP contribution in [-0.2, 0) is 0 Å². The normalized spacial score (nSPS) is 22.4. The monoisotopic (exact) mass is 280 g/mol. The fourth-order valence-corrected chi connectivity index (χ4v) is 3.04. The summed E-state index contributed by atoms with van der Waals surface area (Å²) in [4.78, 5) is 2.43. The molecular formula is C13H17BrN2. The standard InChI is InChI=1S/C13H17BrN2/c14-10-1-2-11(15)12(9-10)16-7-5-13(3-4-13)6-8-16/h1-2,9H,3-8,15H2. The van der Waals surface area contributed by atoms with Crippen molar-refractivity contribution in [1.82, 2.24) is 0 Å². The molecule has 1 aromatic carbocycles. The third-order valence-electron chi connectivity index (χ3n) is 4.11. The van der Waals surface area contributed by atoms with Crippen LogP contribution >= 0.6 is 15.9 Å². The first kappa shape index (κ1) is 10.5. The van der Waals surface area contributed by atoms with Gasteiger partial charge in [0.2, 0.25) is 0 Å². The Balaban J connectivity index is 1.79. The molecule has 1 spiro atoms. The molecule has 0 radical (unpaired) electrons. The number of benzene rings is 1. The van der Waals surface area contributed by atoms with E-state index < -0.39 is 0 Å². The van der Waals surface area contributed by atoms with Crippen LogP contribution in [0.5, 0.6) is 0 Å². The summed E-state index contributed by atoms with van der Waals surface area (Å²) in [6, 6.07) is 6.13. The molecule has 1 aliphatic carbocycles. The summed E-state index contributed by atoms with van der Waals surface area (Å²) >= 11 is 3.52. The zero-order chi connectivity index (χ0) is 11.2. The van der Waals surface area contributed by atoms with E-state index in [1.54, 1.807) is 0 Å². The highest BCUT2D eigenvalue weighted by molar-refractivity contribution is 9.10. The summed E-state index contributed by atoms with van der Waals surface area (Å²) in [6.07, 6.45) is 5.60. The van der Waals surface area contributed by atoms with Gasteiger partial charge in [0.25, 0.3) is 0 Å². The largest absolute Gasteiger partial charge is 0.397 e. The molecule has 2 fully saturated rings. The van der Waals surface area contributed by atoms with Gasteiger partial charge in [0.1, 0.15) is 0 Å². The van der Waals surface area contributed by atoms with E-state index in [2.05, 4.69) is 26.9 Å². The number of piperidine rings is 1. The molecule has 0 unspecified atom stereocenters. The number of hydrogen-bond donors (Lipinski definition) is 1. The predicted octanol–water partition coefficient (Wildman–Crippen LogP) is 3.41. The number of nitrogens with two attached hydrogens (primary N) is 1. The highest BCUT2D eigenvalue weighted by Gasteiger charge is 2.44. The Morgan fingerprint density at radius 2 is 1.81 bits per heavy atom. The van der Waals surface area contributed by atoms with Crippen molar-refractivity contribution in [2.45, 2.75) is 25.7 Å². The molecule has 1 saturated carbocycles. The van der Waals surface area contributed by atoms with E-state index in [0.717, 1.165) is 15.6 Å². The number of nitrogens with zero attached hydrogens (tertiary/aromatic N) is 1. The molecule has 0 aromatic heterocycles. The molecule has 1 saturated heterocycles. The van der Waals surface area contributed by atoms with E-state index in [1.807, 2.05) is 12.1 Å². The Morgan fingerprint density at radius 3 is 2.44 bits per heavy atom. The van der Waals surface area contributed by atoms with Crippen molar-refractivity contribution in [1.29, 1.82) is 0 Å². The second-order valence-electron chi connectivity index (χ2n) is 5.19. The van der Waals surface area contributed by atoms with Gasteiger partial charge >= 0.3 is 0 Å². The van der Waals surface area contributed by atoms with Gasteiger partial charge in [-0.3, -0.25) is 0 Å². The molecule has 2 N–H and O–H groups in total. The van der Waals surface area contributed by atoms with Crippen molar-refractivity contribution < 1.29 is 0 Å². The molecule has 0 amide bonds. The van der Waals surface area contributed by atoms with Gasteiger partial charge in [-0.25, -0.2) is 0 Å². The number of anilines is 2. The lowest BCUT2D eigenvalue weighted by Crippen LogP contribution is -2.34. The highest BCUT2D eigenvalue weighted by Crippen LogP contribution is 2.54. The van der Waals surface area contributed by atoms with Gasteiger partial charge in [0, 0.05) is 17.6 Å². The molecule has 3 rings (SSSR count). The topological polar surface area (TPSA) is 29.3 Å².